The molecule has 2 aromatic heterocycles. The van der Waals surface area contributed by atoms with Crippen LogP contribution in [0.2, 0.25) is 0 Å². The van der Waals surface area contributed by atoms with Gasteiger partial charge in [0, 0.05) is 62.2 Å². The van der Waals surface area contributed by atoms with Crippen LogP contribution in [0.4, 0.5) is 5.95 Å². The first-order valence-electron chi connectivity index (χ1n) is 13.6. The van der Waals surface area contributed by atoms with E-state index in [0.717, 1.165) is 59.7 Å². The van der Waals surface area contributed by atoms with Gasteiger partial charge in [0.25, 0.3) is 0 Å². The maximum atomic E-state index is 4.72. The Morgan fingerprint density at radius 2 is 1.37 bits per heavy atom. The molecule has 3 aromatic rings. The quantitative estimate of drug-likeness (QED) is 0.423. The third kappa shape index (κ3) is 5.41. The van der Waals surface area contributed by atoms with E-state index < -0.39 is 0 Å². The molecule has 3 heterocycles. The van der Waals surface area contributed by atoms with Gasteiger partial charge in [0.05, 0.1) is 0 Å². The van der Waals surface area contributed by atoms with Crippen molar-refractivity contribution < 1.29 is 0 Å². The molecule has 7 heteroatoms. The molecule has 2 aliphatic carbocycles. The van der Waals surface area contributed by atoms with E-state index in [2.05, 4.69) is 44.3 Å². The molecule has 0 bridgehead atoms. The Balaban J connectivity index is 1.06. The fourth-order valence-corrected chi connectivity index (χ4v) is 7.01. The van der Waals surface area contributed by atoms with Crippen LogP contribution in [0.5, 0.6) is 0 Å². The predicted octanol–water partition coefficient (Wildman–Crippen LogP) is 6.02. The molecule has 0 radical (unpaired) electrons. The summed E-state index contributed by atoms with van der Waals surface area (Å²) in [6.45, 7) is 5.56. The van der Waals surface area contributed by atoms with E-state index in [1.54, 1.807) is 11.3 Å². The molecule has 1 saturated heterocycles. The molecule has 3 fully saturated rings. The minimum Gasteiger partial charge on any atom is -0.338 e. The Kier molecular flexibility index (Phi) is 7.05. The summed E-state index contributed by atoms with van der Waals surface area (Å²) in [5.41, 5.74) is 3.33. The van der Waals surface area contributed by atoms with E-state index in [1.807, 2.05) is 12.4 Å². The summed E-state index contributed by atoms with van der Waals surface area (Å²) in [5, 5.41) is 11.3. The molecular formula is C28H36N6S. The van der Waals surface area contributed by atoms with Crippen LogP contribution in [0.1, 0.15) is 68.7 Å². The van der Waals surface area contributed by atoms with Gasteiger partial charge in [0.1, 0.15) is 10.0 Å². The zero-order chi connectivity index (χ0) is 23.5. The molecule has 6 rings (SSSR count). The highest BCUT2D eigenvalue weighted by molar-refractivity contribution is 7.14. The molecule has 1 aliphatic heterocycles. The summed E-state index contributed by atoms with van der Waals surface area (Å²) < 4.78 is 0. The Morgan fingerprint density at radius 3 is 2.09 bits per heavy atom. The summed E-state index contributed by atoms with van der Waals surface area (Å²) in [4.78, 5) is 14.4. The largest absolute Gasteiger partial charge is 0.338 e. The van der Waals surface area contributed by atoms with Gasteiger partial charge >= 0.3 is 0 Å². The Hall–Kier alpha value is -2.38. The number of benzene rings is 1. The zero-order valence-electron chi connectivity index (χ0n) is 20.6. The molecule has 6 nitrogen and oxygen atoms in total. The van der Waals surface area contributed by atoms with Crippen LogP contribution in [-0.4, -0.2) is 57.8 Å². The molecule has 184 valence electrons. The first-order chi connectivity index (χ1) is 17.3. The second-order valence-corrected chi connectivity index (χ2v) is 11.6. The molecule has 35 heavy (non-hydrogen) atoms. The SMILES string of the molecule is c1cc(-c2nnc(C3CCCCC3)s2)ccc1-c1cnc(N2CCN(CC3CCCC3)CC2)nc1. The first kappa shape index (κ1) is 23.0. The third-order valence-corrected chi connectivity index (χ3v) is 9.28. The van der Waals surface area contributed by atoms with Crippen LogP contribution in [0, 0.1) is 5.92 Å². The van der Waals surface area contributed by atoms with Crippen molar-refractivity contribution in [3.63, 3.8) is 0 Å². The Bertz CT molecular complexity index is 1080. The predicted molar refractivity (Wildman–Crippen MR) is 143 cm³/mol. The summed E-state index contributed by atoms with van der Waals surface area (Å²) in [7, 11) is 0. The number of anilines is 1. The first-order valence-corrected chi connectivity index (χ1v) is 14.4. The molecule has 0 N–H and O–H groups in total. The summed E-state index contributed by atoms with van der Waals surface area (Å²) in [6.07, 6.45) is 16.2. The van der Waals surface area contributed by atoms with Gasteiger partial charge < -0.3 is 4.90 Å². The second kappa shape index (κ2) is 10.7. The Labute approximate surface area is 212 Å². The number of hydrogen-bond donors (Lipinski definition) is 0. The van der Waals surface area contributed by atoms with E-state index in [0.29, 0.717) is 5.92 Å². The van der Waals surface area contributed by atoms with Crippen molar-refractivity contribution in [1.29, 1.82) is 0 Å². The second-order valence-electron chi connectivity index (χ2n) is 10.6. The number of hydrogen-bond acceptors (Lipinski definition) is 7. The molecule has 0 atom stereocenters. The number of nitrogens with zero attached hydrogens (tertiary/aromatic N) is 6. The van der Waals surface area contributed by atoms with Crippen LogP contribution >= 0.6 is 11.3 Å². The molecule has 1 aromatic carbocycles. The van der Waals surface area contributed by atoms with E-state index in [4.69, 9.17) is 9.97 Å². The average molecular weight is 489 g/mol. The van der Waals surface area contributed by atoms with Gasteiger partial charge in [-0.1, -0.05) is 67.7 Å². The van der Waals surface area contributed by atoms with Crippen molar-refractivity contribution in [1.82, 2.24) is 25.1 Å². The average Bonchev–Trinajstić information content (AvgIpc) is 3.63. The highest BCUT2D eigenvalue weighted by atomic mass is 32.1. The molecular weight excluding hydrogens is 452 g/mol. The van der Waals surface area contributed by atoms with Crippen LogP contribution in [-0.2, 0) is 0 Å². The van der Waals surface area contributed by atoms with Gasteiger partial charge in [0.2, 0.25) is 5.95 Å². The van der Waals surface area contributed by atoms with Gasteiger partial charge in [-0.15, -0.1) is 10.2 Å². The van der Waals surface area contributed by atoms with Gasteiger partial charge in [-0.2, -0.15) is 0 Å². The summed E-state index contributed by atoms with van der Waals surface area (Å²) in [5.74, 6) is 2.39. The number of piperazine rings is 1. The van der Waals surface area contributed by atoms with Gasteiger partial charge in [-0.25, -0.2) is 9.97 Å². The van der Waals surface area contributed by atoms with E-state index in [9.17, 15) is 0 Å². The lowest BCUT2D eigenvalue weighted by molar-refractivity contribution is 0.219. The van der Waals surface area contributed by atoms with Gasteiger partial charge in [-0.05, 0) is 37.2 Å². The molecule has 2 saturated carbocycles. The van der Waals surface area contributed by atoms with Gasteiger partial charge in [-0.3, -0.25) is 4.90 Å². The maximum Gasteiger partial charge on any atom is 0.225 e. The van der Waals surface area contributed by atoms with E-state index >= 15 is 0 Å². The monoisotopic (exact) mass is 488 g/mol. The van der Waals surface area contributed by atoms with Crippen molar-refractivity contribution in [2.75, 3.05) is 37.6 Å². The lowest BCUT2D eigenvalue weighted by Crippen LogP contribution is -2.48. The molecule has 0 spiro atoms. The topological polar surface area (TPSA) is 58.0 Å². The smallest absolute Gasteiger partial charge is 0.225 e. The fraction of sp³-hybridized carbons (Fsp3) is 0.571. The molecule has 0 amide bonds. The lowest BCUT2D eigenvalue weighted by atomic mass is 9.90. The standard InChI is InChI=1S/C28H36N6S/c1-2-8-23(9-3-1)26-31-32-27(35-26)24-12-10-22(11-13-24)25-18-29-28(30-19-25)34-16-14-33(15-17-34)20-21-6-4-5-7-21/h10-13,18-19,21,23H,1-9,14-17,20H2. The maximum absolute atomic E-state index is 4.72. The summed E-state index contributed by atoms with van der Waals surface area (Å²) >= 11 is 1.76. The minimum atomic E-state index is 0.611. The third-order valence-electron chi connectivity index (χ3n) is 8.14. The fourth-order valence-electron chi connectivity index (χ4n) is 5.99. The van der Waals surface area contributed by atoms with Crippen molar-refractivity contribution in [2.45, 2.75) is 63.7 Å². The van der Waals surface area contributed by atoms with E-state index in [-0.39, 0.29) is 0 Å². The molecule has 3 aliphatic rings. The highest BCUT2D eigenvalue weighted by Gasteiger charge is 2.23. The minimum absolute atomic E-state index is 0.611. The number of rotatable bonds is 6. The zero-order valence-corrected chi connectivity index (χ0v) is 21.4. The summed E-state index contributed by atoms with van der Waals surface area (Å²) in [6, 6.07) is 8.60. The highest BCUT2D eigenvalue weighted by Crippen LogP contribution is 2.36. The lowest BCUT2D eigenvalue weighted by Gasteiger charge is -2.35. The van der Waals surface area contributed by atoms with Crippen LogP contribution < -0.4 is 4.90 Å². The van der Waals surface area contributed by atoms with Crippen LogP contribution in [0.3, 0.4) is 0 Å². The van der Waals surface area contributed by atoms with E-state index in [1.165, 1.54) is 69.3 Å². The number of aromatic nitrogens is 4. The van der Waals surface area contributed by atoms with Crippen LogP contribution in [0.15, 0.2) is 36.7 Å². The Morgan fingerprint density at radius 1 is 0.714 bits per heavy atom. The molecule has 0 unspecified atom stereocenters. The van der Waals surface area contributed by atoms with Crippen molar-refractivity contribution in [3.8, 4) is 21.7 Å². The van der Waals surface area contributed by atoms with Crippen molar-refractivity contribution >= 4 is 17.3 Å². The van der Waals surface area contributed by atoms with Crippen molar-refractivity contribution in [2.24, 2.45) is 5.92 Å². The van der Waals surface area contributed by atoms with Gasteiger partial charge in [0.15, 0.2) is 0 Å². The normalized spacial score (nSPS) is 20.5. The van der Waals surface area contributed by atoms with Crippen molar-refractivity contribution in [3.05, 3.63) is 41.7 Å². The van der Waals surface area contributed by atoms with Crippen LogP contribution in [0.25, 0.3) is 21.7 Å².